The number of hydrogen-bond acceptors (Lipinski definition) is 4. The van der Waals surface area contributed by atoms with E-state index in [-0.39, 0.29) is 11.7 Å². The van der Waals surface area contributed by atoms with Crippen molar-refractivity contribution in [2.24, 2.45) is 0 Å². The van der Waals surface area contributed by atoms with Gasteiger partial charge in [-0.15, -0.1) is 10.2 Å². The number of anilines is 1. The summed E-state index contributed by atoms with van der Waals surface area (Å²) in [5.41, 5.74) is 6.04. The van der Waals surface area contributed by atoms with Gasteiger partial charge in [-0.3, -0.25) is 9.36 Å². The van der Waals surface area contributed by atoms with Crippen molar-refractivity contribution in [2.75, 3.05) is 11.1 Å². The second kappa shape index (κ2) is 12.2. The summed E-state index contributed by atoms with van der Waals surface area (Å²) in [6.45, 7) is 8.48. The van der Waals surface area contributed by atoms with Crippen LogP contribution in [0.15, 0.2) is 65.8 Å². The molecule has 37 heavy (non-hydrogen) atoms. The molecule has 0 saturated carbocycles. The first-order valence-corrected chi connectivity index (χ1v) is 14.1. The van der Waals surface area contributed by atoms with E-state index in [4.69, 9.17) is 23.2 Å². The Hall–Kier alpha value is -2.80. The Morgan fingerprint density at radius 3 is 2.32 bits per heavy atom. The molecule has 8 heteroatoms. The van der Waals surface area contributed by atoms with Crippen LogP contribution in [0.2, 0.25) is 10.0 Å². The lowest BCUT2D eigenvalue weighted by Gasteiger charge is -2.18. The van der Waals surface area contributed by atoms with Crippen LogP contribution in [0.1, 0.15) is 50.3 Å². The van der Waals surface area contributed by atoms with E-state index in [1.807, 2.05) is 34.9 Å². The Kier molecular flexibility index (Phi) is 8.95. The van der Waals surface area contributed by atoms with Gasteiger partial charge >= 0.3 is 0 Å². The minimum absolute atomic E-state index is 0.0989. The van der Waals surface area contributed by atoms with Crippen molar-refractivity contribution in [3.05, 3.63) is 87.4 Å². The highest BCUT2D eigenvalue weighted by Gasteiger charge is 2.23. The Bertz CT molecular complexity index is 1390. The molecule has 1 heterocycles. The average Bonchev–Trinajstić information content (AvgIpc) is 3.30. The number of aromatic nitrogens is 3. The number of para-hydroxylation sites is 2. The number of carbonyl (C=O) groups excluding carboxylic acids is 1. The van der Waals surface area contributed by atoms with Gasteiger partial charge in [-0.25, -0.2) is 0 Å². The zero-order valence-corrected chi connectivity index (χ0v) is 23.7. The van der Waals surface area contributed by atoms with E-state index in [0.717, 1.165) is 35.3 Å². The van der Waals surface area contributed by atoms with Gasteiger partial charge in [-0.2, -0.15) is 0 Å². The lowest BCUT2D eigenvalue weighted by atomic mass is 10.0. The van der Waals surface area contributed by atoms with Gasteiger partial charge in [0, 0.05) is 16.3 Å². The highest BCUT2D eigenvalue weighted by atomic mass is 35.5. The van der Waals surface area contributed by atoms with Crippen LogP contribution in [-0.4, -0.2) is 26.4 Å². The lowest BCUT2D eigenvalue weighted by Crippen LogP contribution is -2.16. The lowest BCUT2D eigenvalue weighted by molar-refractivity contribution is -0.113. The molecule has 0 aliphatic rings. The number of amides is 1. The second-order valence-electron chi connectivity index (χ2n) is 8.98. The molecule has 3 aromatic carbocycles. The van der Waals surface area contributed by atoms with Crippen LogP contribution >= 0.6 is 35.0 Å². The van der Waals surface area contributed by atoms with Crippen molar-refractivity contribution in [1.82, 2.24) is 14.8 Å². The molecule has 1 amide bonds. The predicted molar refractivity (Wildman–Crippen MR) is 155 cm³/mol. The number of aryl methyl sites for hydroxylation is 2. The number of halogens is 2. The van der Waals surface area contributed by atoms with Gasteiger partial charge in [0.05, 0.1) is 16.5 Å². The summed E-state index contributed by atoms with van der Waals surface area (Å²) < 4.78 is 2.03. The first-order chi connectivity index (χ1) is 17.8. The number of benzene rings is 3. The summed E-state index contributed by atoms with van der Waals surface area (Å²) >= 11 is 14.1. The van der Waals surface area contributed by atoms with Gasteiger partial charge in [0.15, 0.2) is 11.0 Å². The average molecular weight is 554 g/mol. The van der Waals surface area contributed by atoms with Crippen molar-refractivity contribution in [3.63, 3.8) is 0 Å². The van der Waals surface area contributed by atoms with E-state index in [1.54, 1.807) is 12.1 Å². The summed E-state index contributed by atoms with van der Waals surface area (Å²) in [6, 6.07) is 19.6. The molecule has 0 aliphatic heterocycles. The van der Waals surface area contributed by atoms with Crippen molar-refractivity contribution >= 4 is 46.6 Å². The third-order valence-corrected chi connectivity index (χ3v) is 7.66. The maximum absolute atomic E-state index is 13.0. The highest BCUT2D eigenvalue weighted by molar-refractivity contribution is 7.99. The van der Waals surface area contributed by atoms with Gasteiger partial charge < -0.3 is 5.32 Å². The summed E-state index contributed by atoms with van der Waals surface area (Å²) in [6.07, 6.45) is 1.68. The molecule has 4 aromatic rings. The SMILES string of the molecule is CCc1cccc(CC)c1-n1c(SCC(=O)Nc2ccccc2C(C)C)nnc1-c1ccc(Cl)cc1Cl. The van der Waals surface area contributed by atoms with Gasteiger partial charge in [0.2, 0.25) is 5.91 Å². The molecule has 1 aromatic heterocycles. The Balaban J connectivity index is 1.73. The van der Waals surface area contributed by atoms with Crippen LogP contribution in [0, 0.1) is 0 Å². The van der Waals surface area contributed by atoms with Crippen molar-refractivity contribution in [2.45, 2.75) is 51.6 Å². The molecule has 1 N–H and O–H groups in total. The van der Waals surface area contributed by atoms with Gasteiger partial charge in [-0.1, -0.05) is 99.1 Å². The standard InChI is InChI=1S/C29H30Cl2N4OS/c1-5-19-10-9-11-20(6-2)27(19)35-28(23-15-14-21(30)16-24(23)31)33-34-29(35)37-17-26(36)32-25-13-8-7-12-22(25)18(3)4/h7-16,18H,5-6,17H2,1-4H3,(H,32,36). The first-order valence-electron chi connectivity index (χ1n) is 12.4. The number of thioether (sulfide) groups is 1. The largest absolute Gasteiger partial charge is 0.325 e. The molecule has 0 saturated heterocycles. The molecule has 5 nitrogen and oxygen atoms in total. The minimum Gasteiger partial charge on any atom is -0.325 e. The van der Waals surface area contributed by atoms with Crippen LogP contribution in [0.25, 0.3) is 17.1 Å². The van der Waals surface area contributed by atoms with Crippen molar-refractivity contribution in [3.8, 4) is 17.1 Å². The third kappa shape index (κ3) is 6.03. The Labute approximate surface area is 232 Å². The minimum atomic E-state index is -0.0989. The monoisotopic (exact) mass is 552 g/mol. The fourth-order valence-corrected chi connectivity index (χ4v) is 5.57. The molecule has 0 unspecified atom stereocenters. The molecular weight excluding hydrogens is 523 g/mol. The van der Waals surface area contributed by atoms with Crippen LogP contribution < -0.4 is 5.32 Å². The molecule has 192 valence electrons. The third-order valence-electron chi connectivity index (χ3n) is 6.18. The smallest absolute Gasteiger partial charge is 0.234 e. The molecular formula is C29H30Cl2N4OS. The maximum Gasteiger partial charge on any atom is 0.234 e. The van der Waals surface area contributed by atoms with E-state index in [9.17, 15) is 4.79 Å². The first kappa shape index (κ1) is 27.2. The van der Waals surface area contributed by atoms with Crippen LogP contribution in [0.4, 0.5) is 5.69 Å². The Morgan fingerprint density at radius 1 is 0.973 bits per heavy atom. The number of carbonyl (C=O) groups is 1. The van der Waals surface area contributed by atoms with Crippen LogP contribution in [-0.2, 0) is 17.6 Å². The maximum atomic E-state index is 13.0. The number of nitrogens with one attached hydrogen (secondary N) is 1. The molecule has 0 radical (unpaired) electrons. The fourth-order valence-electron chi connectivity index (χ4n) is 4.34. The molecule has 0 fully saturated rings. The van der Waals surface area contributed by atoms with Gasteiger partial charge in [0.25, 0.3) is 0 Å². The molecule has 0 spiro atoms. The molecule has 0 aliphatic carbocycles. The number of hydrogen-bond donors (Lipinski definition) is 1. The van der Waals surface area contributed by atoms with E-state index in [0.29, 0.717) is 26.9 Å². The number of nitrogens with zero attached hydrogens (tertiary/aromatic N) is 3. The number of rotatable bonds is 9. The van der Waals surface area contributed by atoms with E-state index in [1.165, 1.54) is 22.9 Å². The van der Waals surface area contributed by atoms with Gasteiger partial charge in [0.1, 0.15) is 0 Å². The van der Waals surface area contributed by atoms with E-state index >= 15 is 0 Å². The van der Waals surface area contributed by atoms with Crippen LogP contribution in [0.3, 0.4) is 0 Å². The quantitative estimate of drug-likeness (QED) is 0.212. The fraction of sp³-hybridized carbons (Fsp3) is 0.276. The molecule has 0 atom stereocenters. The normalized spacial score (nSPS) is 11.2. The second-order valence-corrected chi connectivity index (χ2v) is 10.8. The summed E-state index contributed by atoms with van der Waals surface area (Å²) in [5, 5.41) is 13.8. The summed E-state index contributed by atoms with van der Waals surface area (Å²) in [4.78, 5) is 13.0. The molecule has 4 rings (SSSR count). The van der Waals surface area contributed by atoms with Crippen molar-refractivity contribution < 1.29 is 4.79 Å². The topological polar surface area (TPSA) is 59.8 Å². The summed E-state index contributed by atoms with van der Waals surface area (Å²) in [7, 11) is 0. The predicted octanol–water partition coefficient (Wildman–Crippen LogP) is 8.22. The van der Waals surface area contributed by atoms with Crippen molar-refractivity contribution in [1.29, 1.82) is 0 Å². The Morgan fingerprint density at radius 2 is 1.68 bits per heavy atom. The zero-order valence-electron chi connectivity index (χ0n) is 21.4. The van der Waals surface area contributed by atoms with E-state index < -0.39 is 0 Å². The highest BCUT2D eigenvalue weighted by Crippen LogP contribution is 2.36. The zero-order chi connectivity index (χ0) is 26.5. The summed E-state index contributed by atoms with van der Waals surface area (Å²) in [5.74, 6) is 1.01. The van der Waals surface area contributed by atoms with Crippen LogP contribution in [0.5, 0.6) is 0 Å². The van der Waals surface area contributed by atoms with E-state index in [2.05, 4.69) is 61.4 Å². The molecule has 0 bridgehead atoms. The van der Waals surface area contributed by atoms with Gasteiger partial charge in [-0.05, 0) is 59.7 Å².